The van der Waals surface area contributed by atoms with Gasteiger partial charge in [0.25, 0.3) is 0 Å². The van der Waals surface area contributed by atoms with Crippen LogP contribution in [0.2, 0.25) is 0 Å². The van der Waals surface area contributed by atoms with Crippen molar-refractivity contribution in [3.05, 3.63) is 30.7 Å². The van der Waals surface area contributed by atoms with Gasteiger partial charge in [-0.1, -0.05) is 0 Å². The molecule has 0 aliphatic heterocycles. The Balaban J connectivity index is 3.29. The van der Waals surface area contributed by atoms with E-state index in [1.165, 1.54) is 6.07 Å². The van der Waals surface area contributed by atoms with E-state index >= 15 is 0 Å². The van der Waals surface area contributed by atoms with Crippen molar-refractivity contribution in [3.63, 3.8) is 0 Å². The molecule has 0 aliphatic rings. The summed E-state index contributed by atoms with van der Waals surface area (Å²) in [6.07, 6.45) is 0. The van der Waals surface area contributed by atoms with Crippen LogP contribution in [0, 0.1) is 13.0 Å². The molecule has 11 heavy (non-hydrogen) atoms. The number of aliphatic hydroxyl groups is 1. The van der Waals surface area contributed by atoms with Crippen LogP contribution in [0.4, 0.5) is 4.39 Å². The largest absolute Gasteiger partial charge is 0.392 e. The van der Waals surface area contributed by atoms with Gasteiger partial charge in [0.2, 0.25) is 0 Å². The predicted molar refractivity (Wildman–Crippen MR) is 57.8 cm³/mol. The quantitative estimate of drug-likeness (QED) is 0.589. The maximum absolute atomic E-state index is 12.9. The molecule has 1 N–H and O–H groups in total. The maximum atomic E-state index is 12.9. The second-order valence-electron chi connectivity index (χ2n) is 1.98. The van der Waals surface area contributed by atoms with Gasteiger partial charge in [-0.15, -0.1) is 0 Å². The number of rotatable bonds is 1. The van der Waals surface area contributed by atoms with Crippen molar-refractivity contribution in [2.24, 2.45) is 0 Å². The van der Waals surface area contributed by atoms with Crippen LogP contribution in [0.25, 0.3) is 0 Å². The summed E-state index contributed by atoms with van der Waals surface area (Å²) in [6, 6.07) is 3.06. The molecule has 0 radical (unpaired) electrons. The van der Waals surface area contributed by atoms with Crippen molar-refractivity contribution in [1.29, 1.82) is 0 Å². The van der Waals surface area contributed by atoms with Crippen molar-refractivity contribution >= 4 is 45.2 Å². The van der Waals surface area contributed by atoms with E-state index < -0.39 is 0 Å². The van der Waals surface area contributed by atoms with E-state index in [-0.39, 0.29) is 12.4 Å². The molecular weight excluding hydrogens is 373 g/mol. The Bertz CT molecular complexity index is 275. The van der Waals surface area contributed by atoms with Crippen molar-refractivity contribution in [1.82, 2.24) is 0 Å². The lowest BCUT2D eigenvalue weighted by Gasteiger charge is -2.03. The zero-order valence-corrected chi connectivity index (χ0v) is 9.76. The van der Waals surface area contributed by atoms with Crippen molar-refractivity contribution in [2.75, 3.05) is 0 Å². The molecule has 1 rings (SSSR count). The minimum absolute atomic E-state index is 0.235. The first-order chi connectivity index (χ1) is 5.16. The van der Waals surface area contributed by atoms with Crippen LogP contribution in [-0.2, 0) is 6.61 Å². The summed E-state index contributed by atoms with van der Waals surface area (Å²) in [5, 5.41) is 8.78. The normalized spacial score (nSPS) is 10.2. The Morgan fingerprint density at radius 3 is 2.45 bits per heavy atom. The van der Waals surface area contributed by atoms with E-state index in [0.29, 0.717) is 5.56 Å². The fourth-order valence-corrected chi connectivity index (χ4v) is 1.83. The molecule has 0 amide bonds. The summed E-state index contributed by atoms with van der Waals surface area (Å²) in [4.78, 5) is 0. The molecule has 0 aromatic heterocycles. The molecule has 1 nitrogen and oxygen atoms in total. The summed E-state index contributed by atoms with van der Waals surface area (Å²) in [7, 11) is 0. The maximum Gasteiger partial charge on any atom is 0.129 e. The Morgan fingerprint density at radius 1 is 1.36 bits per heavy atom. The van der Waals surface area contributed by atoms with E-state index in [1.54, 1.807) is 6.07 Å². The molecule has 1 aromatic carbocycles. The van der Waals surface area contributed by atoms with Crippen molar-refractivity contribution in [3.8, 4) is 0 Å². The standard InChI is InChI=1S/C7H5FI2O/c8-5-1-2-6(9)7(10)4(5)3-11/h1-2,11H,3H2. The zero-order chi connectivity index (χ0) is 8.43. The Labute approximate surface area is 91.3 Å². The minimum atomic E-state index is -0.336. The summed E-state index contributed by atoms with van der Waals surface area (Å²) < 4.78 is 14.6. The highest BCUT2D eigenvalue weighted by molar-refractivity contribution is 14.1. The molecule has 0 atom stereocenters. The Morgan fingerprint density at radius 2 is 2.00 bits per heavy atom. The zero-order valence-electron chi connectivity index (χ0n) is 5.44. The lowest BCUT2D eigenvalue weighted by molar-refractivity contribution is 0.274. The van der Waals surface area contributed by atoms with E-state index in [1.807, 2.05) is 22.6 Å². The molecule has 0 bridgehead atoms. The van der Waals surface area contributed by atoms with Gasteiger partial charge in [0.1, 0.15) is 5.82 Å². The highest BCUT2D eigenvalue weighted by Gasteiger charge is 2.07. The van der Waals surface area contributed by atoms with E-state index in [2.05, 4.69) is 22.6 Å². The molecule has 0 saturated carbocycles. The van der Waals surface area contributed by atoms with E-state index in [9.17, 15) is 4.39 Å². The van der Waals surface area contributed by atoms with Crippen LogP contribution in [0.1, 0.15) is 5.56 Å². The molecule has 0 fully saturated rings. The minimum Gasteiger partial charge on any atom is -0.392 e. The molecule has 0 spiro atoms. The molecule has 0 heterocycles. The third-order valence-corrected chi connectivity index (χ3v) is 4.46. The second-order valence-corrected chi connectivity index (χ2v) is 4.22. The molecule has 4 heteroatoms. The molecule has 0 saturated heterocycles. The molecule has 1 aromatic rings. The van der Waals surface area contributed by atoms with Gasteiger partial charge in [0.05, 0.1) is 6.61 Å². The van der Waals surface area contributed by atoms with Gasteiger partial charge in [-0.05, 0) is 57.3 Å². The Kier molecular flexibility index (Phi) is 3.51. The van der Waals surface area contributed by atoms with Crippen molar-refractivity contribution < 1.29 is 9.50 Å². The number of hydrogen-bond acceptors (Lipinski definition) is 1. The fraction of sp³-hybridized carbons (Fsp3) is 0.143. The smallest absolute Gasteiger partial charge is 0.129 e. The van der Waals surface area contributed by atoms with Gasteiger partial charge in [-0.3, -0.25) is 0 Å². The topological polar surface area (TPSA) is 20.2 Å². The van der Waals surface area contributed by atoms with Crippen LogP contribution in [-0.4, -0.2) is 5.11 Å². The van der Waals surface area contributed by atoms with Crippen molar-refractivity contribution in [2.45, 2.75) is 6.61 Å². The second kappa shape index (κ2) is 3.99. The number of benzene rings is 1. The lowest BCUT2D eigenvalue weighted by atomic mass is 10.2. The van der Waals surface area contributed by atoms with Crippen LogP contribution >= 0.6 is 45.2 Å². The summed E-state index contributed by atoms with van der Waals surface area (Å²) >= 11 is 4.13. The fourth-order valence-electron chi connectivity index (χ4n) is 0.714. The highest BCUT2D eigenvalue weighted by Crippen LogP contribution is 2.21. The molecule has 0 aliphatic carbocycles. The monoisotopic (exact) mass is 378 g/mol. The Hall–Kier alpha value is 0.570. The van der Waals surface area contributed by atoms with Gasteiger partial charge >= 0.3 is 0 Å². The van der Waals surface area contributed by atoms with Crippen LogP contribution in [0.5, 0.6) is 0 Å². The molecule has 0 unspecified atom stereocenters. The van der Waals surface area contributed by atoms with E-state index in [4.69, 9.17) is 5.11 Å². The average molecular weight is 378 g/mol. The summed E-state index contributed by atoms with van der Waals surface area (Å²) in [6.45, 7) is -0.235. The highest BCUT2D eigenvalue weighted by atomic mass is 127. The lowest BCUT2D eigenvalue weighted by Crippen LogP contribution is -1.95. The third kappa shape index (κ3) is 2.03. The molecular formula is C7H5FI2O. The first-order valence-corrected chi connectivity index (χ1v) is 5.05. The van der Waals surface area contributed by atoms with Gasteiger partial charge in [0.15, 0.2) is 0 Å². The SMILES string of the molecule is OCc1c(F)ccc(I)c1I. The van der Waals surface area contributed by atoms with Gasteiger partial charge in [-0.25, -0.2) is 4.39 Å². The van der Waals surface area contributed by atoms with Crippen LogP contribution < -0.4 is 0 Å². The first-order valence-electron chi connectivity index (χ1n) is 2.90. The third-order valence-electron chi connectivity index (χ3n) is 1.30. The summed E-state index contributed by atoms with van der Waals surface area (Å²) in [5.41, 5.74) is 0.387. The van der Waals surface area contributed by atoms with Crippen LogP contribution in [0.3, 0.4) is 0 Å². The van der Waals surface area contributed by atoms with E-state index in [0.717, 1.165) is 7.14 Å². The summed E-state index contributed by atoms with van der Waals surface area (Å²) in [5.74, 6) is -0.336. The molecule has 60 valence electrons. The predicted octanol–water partition coefficient (Wildman–Crippen LogP) is 2.53. The number of halogens is 3. The first kappa shape index (κ1) is 9.66. The number of hydrogen-bond donors (Lipinski definition) is 1. The van der Waals surface area contributed by atoms with Gasteiger partial charge in [-0.2, -0.15) is 0 Å². The van der Waals surface area contributed by atoms with Crippen LogP contribution in [0.15, 0.2) is 12.1 Å². The van der Waals surface area contributed by atoms with Gasteiger partial charge < -0.3 is 5.11 Å². The average Bonchev–Trinajstić information content (AvgIpc) is 1.99. The number of aliphatic hydroxyl groups excluding tert-OH is 1. The van der Waals surface area contributed by atoms with Gasteiger partial charge in [0, 0.05) is 12.7 Å².